The summed E-state index contributed by atoms with van der Waals surface area (Å²) in [6, 6.07) is 24.9. The third-order valence-corrected chi connectivity index (χ3v) is 5.66. The normalized spacial score (nSPS) is 12.0. The van der Waals surface area contributed by atoms with Crippen LogP contribution >= 0.6 is 0 Å². The predicted molar refractivity (Wildman–Crippen MR) is 134 cm³/mol. The Bertz CT molecular complexity index is 1250. The molecule has 0 saturated carbocycles. The third kappa shape index (κ3) is 5.90. The van der Waals surface area contributed by atoms with E-state index in [0.717, 1.165) is 34.3 Å². The first-order valence-electron chi connectivity index (χ1n) is 11.6. The van der Waals surface area contributed by atoms with Gasteiger partial charge in [-0.1, -0.05) is 80.6 Å². The summed E-state index contributed by atoms with van der Waals surface area (Å²) >= 11 is 0. The number of fused-ring (bicyclic) bond motifs is 1. The lowest BCUT2D eigenvalue weighted by Crippen LogP contribution is -2.40. The van der Waals surface area contributed by atoms with Crippen LogP contribution in [0.3, 0.4) is 0 Å². The number of aromatic nitrogens is 2. The van der Waals surface area contributed by atoms with Crippen LogP contribution in [0.1, 0.15) is 43.0 Å². The number of imidazole rings is 1. The number of hydrogen-bond donors (Lipinski definition) is 2. The molecule has 0 aliphatic rings. The van der Waals surface area contributed by atoms with Crippen LogP contribution in [0.25, 0.3) is 11.0 Å². The predicted octanol–water partition coefficient (Wildman–Crippen LogP) is 4.60. The fourth-order valence-corrected chi connectivity index (χ4v) is 3.92. The maximum atomic E-state index is 13.0. The number of carbonyl (C=O) groups excluding carboxylic acids is 2. The van der Waals surface area contributed by atoms with Crippen LogP contribution in [0.5, 0.6) is 0 Å². The van der Waals surface area contributed by atoms with Gasteiger partial charge in [0.1, 0.15) is 6.04 Å². The van der Waals surface area contributed by atoms with E-state index in [9.17, 15) is 9.59 Å². The maximum absolute atomic E-state index is 13.0. The van der Waals surface area contributed by atoms with Crippen molar-refractivity contribution >= 4 is 22.8 Å². The van der Waals surface area contributed by atoms with Gasteiger partial charge in [-0.2, -0.15) is 0 Å². The van der Waals surface area contributed by atoms with Crippen molar-refractivity contribution in [3.05, 3.63) is 102 Å². The lowest BCUT2D eigenvalue weighted by Gasteiger charge is -2.19. The van der Waals surface area contributed by atoms with E-state index in [1.54, 1.807) is 0 Å². The molecule has 174 valence electrons. The Kier molecular flexibility index (Phi) is 7.38. The molecule has 0 radical (unpaired) electrons. The van der Waals surface area contributed by atoms with E-state index < -0.39 is 6.04 Å². The van der Waals surface area contributed by atoms with E-state index in [-0.39, 0.29) is 17.7 Å². The average molecular weight is 455 g/mol. The van der Waals surface area contributed by atoms with Crippen molar-refractivity contribution < 1.29 is 9.59 Å². The molecule has 2 amide bonds. The monoisotopic (exact) mass is 454 g/mol. The highest BCUT2D eigenvalue weighted by atomic mass is 16.2. The van der Waals surface area contributed by atoms with Crippen LogP contribution < -0.4 is 10.6 Å². The largest absolute Gasteiger partial charge is 0.350 e. The van der Waals surface area contributed by atoms with Crippen LogP contribution in [-0.4, -0.2) is 21.4 Å². The summed E-state index contributed by atoms with van der Waals surface area (Å²) in [5, 5.41) is 5.87. The molecule has 34 heavy (non-hydrogen) atoms. The fourth-order valence-electron chi connectivity index (χ4n) is 3.92. The number of nitrogens with one attached hydrogen (secondary N) is 2. The van der Waals surface area contributed by atoms with E-state index >= 15 is 0 Å². The molecule has 0 saturated heterocycles. The number of amides is 2. The quantitative estimate of drug-likeness (QED) is 0.388. The maximum Gasteiger partial charge on any atom is 0.247 e. The minimum atomic E-state index is -0.721. The van der Waals surface area contributed by atoms with Crippen LogP contribution in [0.4, 0.5) is 0 Å². The second-order valence-corrected chi connectivity index (χ2v) is 8.90. The molecular formula is C28H30N4O2. The standard InChI is InChI=1S/C28H30N4O2/c1-20(2)16-26(33)31-27(23-8-4-3-5-9-23)28(34)29-17-21-12-14-22(15-13-21)18-32-19-30-24-10-6-7-11-25(24)32/h3-15,19-20,27H,16-18H2,1-2H3,(H,29,34)(H,31,33). The molecule has 0 bridgehead atoms. The Morgan fingerprint density at radius 3 is 2.29 bits per heavy atom. The van der Waals surface area contributed by atoms with E-state index in [2.05, 4.69) is 38.4 Å². The summed E-state index contributed by atoms with van der Waals surface area (Å²) < 4.78 is 2.12. The van der Waals surface area contributed by atoms with E-state index in [1.165, 1.54) is 0 Å². The van der Waals surface area contributed by atoms with E-state index in [4.69, 9.17) is 0 Å². The molecule has 2 N–H and O–H groups in total. The van der Waals surface area contributed by atoms with Gasteiger partial charge in [-0.25, -0.2) is 4.98 Å². The highest BCUT2D eigenvalue weighted by Gasteiger charge is 2.22. The van der Waals surface area contributed by atoms with Crippen molar-refractivity contribution in [2.45, 2.75) is 39.4 Å². The minimum Gasteiger partial charge on any atom is -0.350 e. The van der Waals surface area contributed by atoms with Crippen LogP contribution in [0.2, 0.25) is 0 Å². The molecule has 0 spiro atoms. The van der Waals surface area contributed by atoms with Gasteiger partial charge in [-0.3, -0.25) is 9.59 Å². The highest BCUT2D eigenvalue weighted by Crippen LogP contribution is 2.16. The van der Waals surface area contributed by atoms with Crippen molar-refractivity contribution in [3.63, 3.8) is 0 Å². The summed E-state index contributed by atoms with van der Waals surface area (Å²) in [4.78, 5) is 29.8. The topological polar surface area (TPSA) is 76.0 Å². The van der Waals surface area contributed by atoms with Crippen molar-refractivity contribution in [2.24, 2.45) is 5.92 Å². The van der Waals surface area contributed by atoms with Crippen LogP contribution in [0.15, 0.2) is 85.2 Å². The van der Waals surface area contributed by atoms with Gasteiger partial charge in [-0.15, -0.1) is 0 Å². The third-order valence-electron chi connectivity index (χ3n) is 5.66. The van der Waals surface area contributed by atoms with Crippen LogP contribution in [-0.2, 0) is 22.7 Å². The van der Waals surface area contributed by atoms with Gasteiger partial charge >= 0.3 is 0 Å². The van der Waals surface area contributed by atoms with Crippen molar-refractivity contribution in [2.75, 3.05) is 0 Å². The summed E-state index contributed by atoms with van der Waals surface area (Å²) in [5.74, 6) is -0.133. The van der Waals surface area contributed by atoms with Crippen molar-refractivity contribution in [3.8, 4) is 0 Å². The van der Waals surface area contributed by atoms with Crippen molar-refractivity contribution in [1.29, 1.82) is 0 Å². The lowest BCUT2D eigenvalue weighted by molar-refractivity contribution is -0.129. The molecule has 6 heteroatoms. The zero-order chi connectivity index (χ0) is 23.9. The summed E-state index contributed by atoms with van der Waals surface area (Å²) in [6.07, 6.45) is 2.24. The molecule has 1 aromatic heterocycles. The van der Waals surface area contributed by atoms with Crippen molar-refractivity contribution in [1.82, 2.24) is 20.2 Å². The Hall–Kier alpha value is -3.93. The van der Waals surface area contributed by atoms with Crippen LogP contribution in [0, 0.1) is 5.92 Å². The van der Waals surface area contributed by atoms with Gasteiger partial charge < -0.3 is 15.2 Å². The molecule has 0 aliphatic heterocycles. The molecule has 4 aromatic rings. The molecule has 1 unspecified atom stereocenters. The molecule has 0 fully saturated rings. The van der Waals surface area contributed by atoms with Gasteiger partial charge in [-0.05, 0) is 34.7 Å². The number of para-hydroxylation sites is 2. The zero-order valence-corrected chi connectivity index (χ0v) is 19.6. The van der Waals surface area contributed by atoms with E-state index in [1.807, 2.05) is 80.8 Å². The SMILES string of the molecule is CC(C)CC(=O)NC(C(=O)NCc1ccc(Cn2cnc3ccccc32)cc1)c1ccccc1. The molecule has 3 aromatic carbocycles. The highest BCUT2D eigenvalue weighted by molar-refractivity contribution is 5.88. The number of rotatable bonds is 9. The first-order valence-corrected chi connectivity index (χ1v) is 11.6. The second kappa shape index (κ2) is 10.8. The Balaban J connectivity index is 1.39. The number of hydrogen-bond acceptors (Lipinski definition) is 3. The van der Waals surface area contributed by atoms with E-state index in [0.29, 0.717) is 13.0 Å². The Morgan fingerprint density at radius 2 is 1.56 bits per heavy atom. The molecule has 0 aliphatic carbocycles. The number of nitrogens with zero attached hydrogens (tertiary/aromatic N) is 2. The molecule has 1 heterocycles. The van der Waals surface area contributed by atoms with Gasteiger partial charge in [0.05, 0.1) is 17.4 Å². The fraction of sp³-hybridized carbons (Fsp3) is 0.250. The molecule has 6 nitrogen and oxygen atoms in total. The number of carbonyl (C=O) groups is 2. The second-order valence-electron chi connectivity index (χ2n) is 8.90. The first-order chi connectivity index (χ1) is 16.5. The van der Waals surface area contributed by atoms with Gasteiger partial charge in [0, 0.05) is 19.5 Å². The van der Waals surface area contributed by atoms with Gasteiger partial charge in [0.25, 0.3) is 0 Å². The summed E-state index contributed by atoms with van der Waals surface area (Å²) in [5.41, 5.74) is 5.00. The molecular weight excluding hydrogens is 424 g/mol. The zero-order valence-electron chi connectivity index (χ0n) is 19.6. The number of benzene rings is 3. The average Bonchev–Trinajstić information content (AvgIpc) is 3.25. The summed E-state index contributed by atoms with van der Waals surface area (Å²) in [7, 11) is 0. The first kappa shape index (κ1) is 23.2. The minimum absolute atomic E-state index is 0.129. The molecule has 1 atom stereocenters. The van der Waals surface area contributed by atoms with Gasteiger partial charge in [0.2, 0.25) is 11.8 Å². The molecule has 4 rings (SSSR count). The van der Waals surface area contributed by atoms with Gasteiger partial charge in [0.15, 0.2) is 0 Å². The smallest absolute Gasteiger partial charge is 0.247 e. The summed E-state index contributed by atoms with van der Waals surface area (Å²) in [6.45, 7) is 5.08. The lowest BCUT2D eigenvalue weighted by atomic mass is 10.0. The Morgan fingerprint density at radius 1 is 0.882 bits per heavy atom. The Labute approximate surface area is 200 Å².